The molecule has 0 saturated carbocycles. The topological polar surface area (TPSA) is 41.1 Å². The average molecular weight is 270 g/mol. The van der Waals surface area contributed by atoms with E-state index < -0.39 is 23.7 Å². The third kappa shape index (κ3) is 3.99. The largest absolute Gasteiger partial charge is 0.355 e. The van der Waals surface area contributed by atoms with Gasteiger partial charge in [-0.3, -0.25) is 10.1 Å². The van der Waals surface area contributed by atoms with Gasteiger partial charge in [0.05, 0.1) is 6.04 Å². The summed E-state index contributed by atoms with van der Waals surface area (Å²) in [7, 11) is 0. The van der Waals surface area contributed by atoms with Gasteiger partial charge in [-0.05, 0) is 45.4 Å². The zero-order valence-electron chi connectivity index (χ0n) is 11.7. The molecule has 0 heterocycles. The molecule has 2 N–H and O–H groups in total. The molecule has 1 aromatic carbocycles. The minimum Gasteiger partial charge on any atom is -0.355 e. The van der Waals surface area contributed by atoms with Gasteiger partial charge >= 0.3 is 0 Å². The van der Waals surface area contributed by atoms with Crippen molar-refractivity contribution in [3.8, 4) is 0 Å². The molecule has 106 valence electrons. The number of likely N-dealkylation sites (N-methyl/N-ethyl adjacent to an activating group) is 1. The Morgan fingerprint density at radius 1 is 1.26 bits per heavy atom. The van der Waals surface area contributed by atoms with E-state index in [9.17, 15) is 13.6 Å². The SMILES string of the molecule is CCNC(=O)C(C)NC(C)c1cc(F)c(C)cc1F. The van der Waals surface area contributed by atoms with Crippen LogP contribution in [0.5, 0.6) is 0 Å². The van der Waals surface area contributed by atoms with E-state index in [-0.39, 0.29) is 17.0 Å². The molecule has 0 spiro atoms. The zero-order chi connectivity index (χ0) is 14.6. The quantitative estimate of drug-likeness (QED) is 0.863. The van der Waals surface area contributed by atoms with Crippen LogP contribution in [0.25, 0.3) is 0 Å². The van der Waals surface area contributed by atoms with E-state index in [4.69, 9.17) is 0 Å². The number of hydrogen-bond acceptors (Lipinski definition) is 2. The monoisotopic (exact) mass is 270 g/mol. The summed E-state index contributed by atoms with van der Waals surface area (Å²) < 4.78 is 27.2. The fourth-order valence-corrected chi connectivity index (χ4v) is 1.86. The number of carbonyl (C=O) groups is 1. The Morgan fingerprint density at radius 3 is 2.47 bits per heavy atom. The summed E-state index contributed by atoms with van der Waals surface area (Å²) in [5.74, 6) is -1.08. The first-order valence-electron chi connectivity index (χ1n) is 6.36. The summed E-state index contributed by atoms with van der Waals surface area (Å²) >= 11 is 0. The van der Waals surface area contributed by atoms with Gasteiger partial charge in [0.15, 0.2) is 0 Å². The molecule has 0 aliphatic carbocycles. The van der Waals surface area contributed by atoms with E-state index in [2.05, 4.69) is 10.6 Å². The highest BCUT2D eigenvalue weighted by Gasteiger charge is 2.19. The van der Waals surface area contributed by atoms with Gasteiger partial charge in [0.2, 0.25) is 5.91 Å². The maximum Gasteiger partial charge on any atom is 0.236 e. The fraction of sp³-hybridized carbons (Fsp3) is 0.500. The van der Waals surface area contributed by atoms with Crippen LogP contribution in [0.15, 0.2) is 12.1 Å². The molecule has 2 atom stereocenters. The normalized spacial score (nSPS) is 14.0. The molecule has 0 fully saturated rings. The predicted molar refractivity (Wildman–Crippen MR) is 70.8 cm³/mol. The molecule has 0 bridgehead atoms. The molecule has 0 aliphatic heterocycles. The first kappa shape index (κ1) is 15.6. The second kappa shape index (κ2) is 6.61. The van der Waals surface area contributed by atoms with Crippen LogP contribution in [-0.4, -0.2) is 18.5 Å². The molecule has 0 radical (unpaired) electrons. The maximum atomic E-state index is 13.8. The lowest BCUT2D eigenvalue weighted by Crippen LogP contribution is -2.43. The molecule has 1 rings (SSSR count). The second-order valence-electron chi connectivity index (χ2n) is 4.63. The maximum absolute atomic E-state index is 13.8. The van der Waals surface area contributed by atoms with Gasteiger partial charge < -0.3 is 5.32 Å². The van der Waals surface area contributed by atoms with Crippen LogP contribution in [0, 0.1) is 18.6 Å². The molecule has 1 amide bonds. The average Bonchev–Trinajstić information content (AvgIpc) is 2.33. The smallest absolute Gasteiger partial charge is 0.236 e. The molecule has 0 aliphatic rings. The third-order valence-electron chi connectivity index (χ3n) is 2.99. The van der Waals surface area contributed by atoms with E-state index >= 15 is 0 Å². The number of nitrogens with one attached hydrogen (secondary N) is 2. The second-order valence-corrected chi connectivity index (χ2v) is 4.63. The van der Waals surface area contributed by atoms with Crippen LogP contribution in [-0.2, 0) is 4.79 Å². The van der Waals surface area contributed by atoms with E-state index in [0.29, 0.717) is 6.54 Å². The van der Waals surface area contributed by atoms with Crippen LogP contribution < -0.4 is 10.6 Å². The Labute approximate surface area is 112 Å². The Bertz CT molecular complexity index is 463. The molecule has 0 aromatic heterocycles. The minimum absolute atomic E-state index is 0.164. The van der Waals surface area contributed by atoms with Gasteiger partial charge in [0, 0.05) is 18.2 Å². The van der Waals surface area contributed by atoms with Gasteiger partial charge in [-0.15, -0.1) is 0 Å². The van der Waals surface area contributed by atoms with Crippen molar-refractivity contribution in [3.63, 3.8) is 0 Å². The third-order valence-corrected chi connectivity index (χ3v) is 2.99. The summed E-state index contributed by atoms with van der Waals surface area (Å²) in [5.41, 5.74) is 0.490. The summed E-state index contributed by atoms with van der Waals surface area (Å²) in [5, 5.41) is 5.62. The van der Waals surface area contributed by atoms with Crippen molar-refractivity contribution < 1.29 is 13.6 Å². The van der Waals surface area contributed by atoms with Crippen LogP contribution in [0.3, 0.4) is 0 Å². The summed E-state index contributed by atoms with van der Waals surface area (Å²) in [6.07, 6.45) is 0. The lowest BCUT2D eigenvalue weighted by atomic mass is 10.0. The summed E-state index contributed by atoms with van der Waals surface area (Å²) in [6, 6.07) is 1.42. The molecule has 19 heavy (non-hydrogen) atoms. The first-order chi connectivity index (χ1) is 8.86. The van der Waals surface area contributed by atoms with Crippen LogP contribution >= 0.6 is 0 Å². The van der Waals surface area contributed by atoms with Gasteiger partial charge in [0.25, 0.3) is 0 Å². The van der Waals surface area contributed by atoms with Gasteiger partial charge in [-0.2, -0.15) is 0 Å². The standard InChI is InChI=1S/C14H20F2N2O/c1-5-17-14(19)10(4)18-9(3)11-7-12(15)8(2)6-13(11)16/h6-7,9-10,18H,5H2,1-4H3,(H,17,19). The molecule has 3 nitrogen and oxygen atoms in total. The van der Waals surface area contributed by atoms with E-state index in [1.807, 2.05) is 6.92 Å². The van der Waals surface area contributed by atoms with Crippen molar-refractivity contribution in [2.24, 2.45) is 0 Å². The summed E-state index contributed by atoms with van der Waals surface area (Å²) in [4.78, 5) is 11.6. The van der Waals surface area contributed by atoms with E-state index in [0.717, 1.165) is 0 Å². The van der Waals surface area contributed by atoms with Crippen molar-refractivity contribution in [2.45, 2.75) is 39.8 Å². The highest BCUT2D eigenvalue weighted by atomic mass is 19.1. The number of aryl methyl sites for hydroxylation is 1. The highest BCUT2D eigenvalue weighted by molar-refractivity contribution is 5.81. The zero-order valence-corrected chi connectivity index (χ0v) is 11.7. The van der Waals surface area contributed by atoms with Crippen LogP contribution in [0.2, 0.25) is 0 Å². The predicted octanol–water partition coefficient (Wildman–Crippen LogP) is 2.45. The molecule has 5 heteroatoms. The number of carbonyl (C=O) groups excluding carboxylic acids is 1. The number of rotatable bonds is 5. The number of hydrogen-bond donors (Lipinski definition) is 2. The summed E-state index contributed by atoms with van der Waals surface area (Å²) in [6.45, 7) is 7.25. The van der Waals surface area contributed by atoms with Crippen molar-refractivity contribution in [1.29, 1.82) is 0 Å². The molecule has 0 saturated heterocycles. The van der Waals surface area contributed by atoms with Gasteiger partial charge in [-0.25, -0.2) is 8.78 Å². The first-order valence-corrected chi connectivity index (χ1v) is 6.36. The Hall–Kier alpha value is -1.49. The van der Waals surface area contributed by atoms with Crippen molar-refractivity contribution in [3.05, 3.63) is 34.9 Å². The van der Waals surface area contributed by atoms with Gasteiger partial charge in [0.1, 0.15) is 11.6 Å². The van der Waals surface area contributed by atoms with Crippen LogP contribution in [0.1, 0.15) is 37.9 Å². The lowest BCUT2D eigenvalue weighted by Gasteiger charge is -2.20. The molecule has 1 aromatic rings. The van der Waals surface area contributed by atoms with Crippen molar-refractivity contribution >= 4 is 5.91 Å². The fourth-order valence-electron chi connectivity index (χ4n) is 1.86. The van der Waals surface area contributed by atoms with Crippen molar-refractivity contribution in [2.75, 3.05) is 6.54 Å². The van der Waals surface area contributed by atoms with E-state index in [1.165, 1.54) is 19.1 Å². The molecular weight excluding hydrogens is 250 g/mol. The Morgan fingerprint density at radius 2 is 1.89 bits per heavy atom. The van der Waals surface area contributed by atoms with E-state index in [1.54, 1.807) is 13.8 Å². The number of amides is 1. The van der Waals surface area contributed by atoms with Crippen LogP contribution in [0.4, 0.5) is 8.78 Å². The molecule has 2 unspecified atom stereocenters. The number of benzene rings is 1. The lowest BCUT2D eigenvalue weighted by molar-refractivity contribution is -0.122. The minimum atomic E-state index is -0.473. The highest BCUT2D eigenvalue weighted by Crippen LogP contribution is 2.20. The van der Waals surface area contributed by atoms with Crippen molar-refractivity contribution in [1.82, 2.24) is 10.6 Å². The Balaban J connectivity index is 2.81. The Kier molecular flexibility index (Phi) is 5.42. The number of halogens is 2. The van der Waals surface area contributed by atoms with Gasteiger partial charge in [-0.1, -0.05) is 0 Å². The molecular formula is C14H20F2N2O.